The van der Waals surface area contributed by atoms with E-state index < -0.39 is 0 Å². The largest absolute Gasteiger partial charge is 0.316 e. The molecule has 0 amide bonds. The lowest BCUT2D eigenvalue weighted by atomic mass is 9.49. The molecule has 1 saturated carbocycles. The highest BCUT2D eigenvalue weighted by molar-refractivity contribution is 6.30. The lowest BCUT2D eigenvalue weighted by molar-refractivity contribution is -0.0320. The molecule has 1 nitrogen and oxygen atoms in total. The van der Waals surface area contributed by atoms with E-state index >= 15 is 0 Å². The van der Waals surface area contributed by atoms with E-state index in [2.05, 4.69) is 43.4 Å². The van der Waals surface area contributed by atoms with Gasteiger partial charge in [-0.3, -0.25) is 0 Å². The second-order valence-electron chi connectivity index (χ2n) is 7.31. The highest BCUT2D eigenvalue weighted by atomic mass is 35.5. The van der Waals surface area contributed by atoms with E-state index in [4.69, 9.17) is 11.6 Å². The Kier molecular flexibility index (Phi) is 3.85. The standard InChI is InChI=1S/C18H26ClN/c1-17(2)9-3-4-10-18(17)11-12-20-13-16(18)14-5-7-15(19)8-6-14/h5-8,16,20H,3-4,9-13H2,1-2H3. The topological polar surface area (TPSA) is 12.0 Å². The molecule has 1 aromatic carbocycles. The van der Waals surface area contributed by atoms with Gasteiger partial charge in [-0.2, -0.15) is 0 Å². The minimum Gasteiger partial charge on any atom is -0.316 e. The minimum atomic E-state index is 0.442. The van der Waals surface area contributed by atoms with Crippen molar-refractivity contribution in [2.45, 2.75) is 51.9 Å². The van der Waals surface area contributed by atoms with Crippen molar-refractivity contribution in [3.05, 3.63) is 34.9 Å². The molecule has 1 N–H and O–H groups in total. The molecule has 20 heavy (non-hydrogen) atoms. The average molecular weight is 292 g/mol. The predicted molar refractivity (Wildman–Crippen MR) is 86.4 cm³/mol. The van der Waals surface area contributed by atoms with Gasteiger partial charge in [-0.25, -0.2) is 0 Å². The third-order valence-corrected chi connectivity index (χ3v) is 6.31. The van der Waals surface area contributed by atoms with Gasteiger partial charge in [0.05, 0.1) is 0 Å². The van der Waals surface area contributed by atoms with E-state index in [1.54, 1.807) is 0 Å². The number of halogens is 1. The molecule has 2 heteroatoms. The normalized spacial score (nSPS) is 33.2. The van der Waals surface area contributed by atoms with Crippen molar-refractivity contribution in [2.75, 3.05) is 13.1 Å². The Morgan fingerprint density at radius 3 is 2.45 bits per heavy atom. The van der Waals surface area contributed by atoms with E-state index in [0.29, 0.717) is 16.7 Å². The Hall–Kier alpha value is -0.530. The molecule has 1 aromatic rings. The van der Waals surface area contributed by atoms with Gasteiger partial charge in [0.2, 0.25) is 0 Å². The number of piperidine rings is 1. The van der Waals surface area contributed by atoms with Gasteiger partial charge in [0.1, 0.15) is 0 Å². The van der Waals surface area contributed by atoms with Crippen LogP contribution in [-0.2, 0) is 0 Å². The molecule has 1 spiro atoms. The molecule has 110 valence electrons. The molecule has 1 heterocycles. The number of nitrogens with one attached hydrogen (secondary N) is 1. The molecule has 1 aliphatic carbocycles. The number of benzene rings is 1. The molecule has 2 unspecified atom stereocenters. The number of hydrogen-bond acceptors (Lipinski definition) is 1. The summed E-state index contributed by atoms with van der Waals surface area (Å²) in [5.41, 5.74) is 2.37. The van der Waals surface area contributed by atoms with Crippen molar-refractivity contribution in [2.24, 2.45) is 10.8 Å². The first kappa shape index (κ1) is 14.4. The van der Waals surface area contributed by atoms with E-state index in [9.17, 15) is 0 Å². The van der Waals surface area contributed by atoms with Crippen molar-refractivity contribution in [3.63, 3.8) is 0 Å². The highest BCUT2D eigenvalue weighted by Crippen LogP contribution is 2.60. The fourth-order valence-electron chi connectivity index (χ4n) is 4.76. The molecule has 2 atom stereocenters. The SMILES string of the molecule is CC1(C)CCCCC12CCNCC2c1ccc(Cl)cc1. The zero-order valence-electron chi connectivity index (χ0n) is 12.7. The van der Waals surface area contributed by atoms with Gasteiger partial charge in [-0.1, -0.05) is 50.4 Å². The molecule has 0 radical (unpaired) electrons. The minimum absolute atomic E-state index is 0.442. The lowest BCUT2D eigenvalue weighted by Gasteiger charge is -2.57. The maximum atomic E-state index is 6.07. The molecule has 1 aliphatic heterocycles. The van der Waals surface area contributed by atoms with Crippen molar-refractivity contribution in [3.8, 4) is 0 Å². The lowest BCUT2D eigenvalue weighted by Crippen LogP contribution is -2.53. The second kappa shape index (κ2) is 5.35. The van der Waals surface area contributed by atoms with Crippen molar-refractivity contribution >= 4 is 11.6 Å². The summed E-state index contributed by atoms with van der Waals surface area (Å²) in [6.07, 6.45) is 6.86. The average Bonchev–Trinajstić information content (AvgIpc) is 2.44. The van der Waals surface area contributed by atoms with Crippen molar-refractivity contribution in [1.82, 2.24) is 5.32 Å². The zero-order chi connectivity index (χ0) is 14.2. The van der Waals surface area contributed by atoms with Gasteiger partial charge in [0, 0.05) is 17.5 Å². The van der Waals surface area contributed by atoms with Crippen LogP contribution in [0.25, 0.3) is 0 Å². The fourth-order valence-corrected chi connectivity index (χ4v) is 4.89. The Balaban J connectivity index is 2.00. The van der Waals surface area contributed by atoms with Gasteiger partial charge in [-0.15, -0.1) is 0 Å². The van der Waals surface area contributed by atoms with Crippen LogP contribution in [0.2, 0.25) is 5.02 Å². The van der Waals surface area contributed by atoms with E-state index in [-0.39, 0.29) is 0 Å². The van der Waals surface area contributed by atoms with Crippen LogP contribution >= 0.6 is 11.6 Å². The molecule has 0 bridgehead atoms. The Bertz CT molecular complexity index is 459. The summed E-state index contributed by atoms with van der Waals surface area (Å²) in [7, 11) is 0. The summed E-state index contributed by atoms with van der Waals surface area (Å²) < 4.78 is 0. The summed E-state index contributed by atoms with van der Waals surface area (Å²) in [5, 5.41) is 4.47. The summed E-state index contributed by atoms with van der Waals surface area (Å²) >= 11 is 6.07. The third kappa shape index (κ3) is 2.29. The van der Waals surface area contributed by atoms with Crippen LogP contribution in [-0.4, -0.2) is 13.1 Å². The van der Waals surface area contributed by atoms with Crippen LogP contribution < -0.4 is 5.32 Å². The van der Waals surface area contributed by atoms with E-state index in [1.165, 1.54) is 44.2 Å². The van der Waals surface area contributed by atoms with Crippen molar-refractivity contribution < 1.29 is 0 Å². The predicted octanol–water partition coefficient (Wildman–Crippen LogP) is 5.00. The Morgan fingerprint density at radius 1 is 1.05 bits per heavy atom. The fraction of sp³-hybridized carbons (Fsp3) is 0.667. The molecular formula is C18H26ClN. The van der Waals surface area contributed by atoms with Gasteiger partial charge in [-0.05, 0) is 54.3 Å². The number of hydrogen-bond donors (Lipinski definition) is 1. The maximum Gasteiger partial charge on any atom is 0.0406 e. The molecule has 1 saturated heterocycles. The van der Waals surface area contributed by atoms with Crippen LogP contribution in [0.1, 0.15) is 57.4 Å². The molecule has 2 fully saturated rings. The smallest absolute Gasteiger partial charge is 0.0406 e. The number of rotatable bonds is 1. The second-order valence-corrected chi connectivity index (χ2v) is 7.74. The molecule has 2 aliphatic rings. The summed E-state index contributed by atoms with van der Waals surface area (Å²) in [6, 6.07) is 8.59. The summed E-state index contributed by atoms with van der Waals surface area (Å²) in [5.74, 6) is 0.629. The van der Waals surface area contributed by atoms with Crippen LogP contribution in [0.3, 0.4) is 0 Å². The quantitative estimate of drug-likeness (QED) is 0.767. The van der Waals surface area contributed by atoms with Crippen LogP contribution in [0.4, 0.5) is 0 Å². The van der Waals surface area contributed by atoms with Gasteiger partial charge < -0.3 is 5.32 Å². The first-order valence-corrected chi connectivity index (χ1v) is 8.39. The van der Waals surface area contributed by atoms with Crippen LogP contribution in [0.15, 0.2) is 24.3 Å². The summed E-state index contributed by atoms with van der Waals surface area (Å²) in [6.45, 7) is 7.29. The Morgan fingerprint density at radius 2 is 1.75 bits per heavy atom. The summed E-state index contributed by atoms with van der Waals surface area (Å²) in [4.78, 5) is 0. The first-order chi connectivity index (χ1) is 9.55. The third-order valence-electron chi connectivity index (χ3n) is 6.06. The van der Waals surface area contributed by atoms with Gasteiger partial charge >= 0.3 is 0 Å². The van der Waals surface area contributed by atoms with E-state index in [1.807, 2.05) is 0 Å². The van der Waals surface area contributed by atoms with Crippen LogP contribution in [0, 0.1) is 10.8 Å². The molecule has 0 aromatic heterocycles. The monoisotopic (exact) mass is 291 g/mol. The van der Waals surface area contributed by atoms with Crippen LogP contribution in [0.5, 0.6) is 0 Å². The molecule has 3 rings (SSSR count). The Labute approximate surface area is 128 Å². The molecular weight excluding hydrogens is 266 g/mol. The zero-order valence-corrected chi connectivity index (χ0v) is 13.5. The highest BCUT2D eigenvalue weighted by Gasteiger charge is 2.52. The first-order valence-electron chi connectivity index (χ1n) is 8.01. The van der Waals surface area contributed by atoms with E-state index in [0.717, 1.165) is 11.6 Å². The van der Waals surface area contributed by atoms with Gasteiger partial charge in [0.25, 0.3) is 0 Å². The maximum absolute atomic E-state index is 6.07. The van der Waals surface area contributed by atoms with Gasteiger partial charge in [0.15, 0.2) is 0 Å². The van der Waals surface area contributed by atoms with Crippen molar-refractivity contribution in [1.29, 1.82) is 0 Å².